The summed E-state index contributed by atoms with van der Waals surface area (Å²) in [5.41, 5.74) is 2.20. The number of piperidine rings is 1. The summed E-state index contributed by atoms with van der Waals surface area (Å²) in [6.45, 7) is 13.8. The molecule has 8 nitrogen and oxygen atoms in total. The van der Waals surface area contributed by atoms with Crippen LogP contribution in [0.25, 0.3) is 0 Å². The van der Waals surface area contributed by atoms with Gasteiger partial charge in [0.25, 0.3) is 5.91 Å². The Morgan fingerprint density at radius 3 is 2.62 bits per heavy atom. The Kier molecular flexibility index (Phi) is 9.19. The smallest absolute Gasteiger partial charge is 0.258 e. The standard InChI is InChI=1S/C32H42Cl2N6O2/c1-31(2)14-12-26(40-19-25(35-36-40)13-15-38-17-16-37(5)32(3,4)22-38)20-39(31)30(41)27-8-6-7-9-29(27)42-21-23-10-11-24(33)18-28(23)34/h6-11,18-19,26H,12-17,20-22H2,1-5H3. The highest BCUT2D eigenvalue weighted by molar-refractivity contribution is 6.35. The van der Waals surface area contributed by atoms with Crippen molar-refractivity contribution >= 4 is 29.1 Å². The first-order valence-electron chi connectivity index (χ1n) is 14.7. The van der Waals surface area contributed by atoms with Crippen LogP contribution in [0.2, 0.25) is 10.0 Å². The number of amides is 1. The average Bonchev–Trinajstić information content (AvgIpc) is 3.42. The highest BCUT2D eigenvalue weighted by Gasteiger charge is 2.39. The lowest BCUT2D eigenvalue weighted by molar-refractivity contribution is 0.0305. The van der Waals surface area contributed by atoms with E-state index in [1.807, 2.05) is 39.9 Å². The third-order valence-corrected chi connectivity index (χ3v) is 9.57. The summed E-state index contributed by atoms with van der Waals surface area (Å²) in [5.74, 6) is 0.474. The summed E-state index contributed by atoms with van der Waals surface area (Å²) in [6.07, 6.45) is 4.72. The molecule has 5 rings (SSSR count). The van der Waals surface area contributed by atoms with Gasteiger partial charge in [0.1, 0.15) is 12.4 Å². The Hall–Kier alpha value is -2.65. The van der Waals surface area contributed by atoms with Gasteiger partial charge >= 0.3 is 0 Å². The van der Waals surface area contributed by atoms with Crippen molar-refractivity contribution in [3.8, 4) is 5.75 Å². The molecule has 0 aliphatic carbocycles. The molecule has 0 saturated carbocycles. The van der Waals surface area contributed by atoms with Gasteiger partial charge in [-0.05, 0) is 71.8 Å². The number of rotatable bonds is 8. The van der Waals surface area contributed by atoms with Crippen LogP contribution in [-0.2, 0) is 13.0 Å². The monoisotopic (exact) mass is 612 g/mol. The minimum atomic E-state index is -0.308. The second-order valence-electron chi connectivity index (χ2n) is 12.9. The van der Waals surface area contributed by atoms with Crippen molar-refractivity contribution in [2.75, 3.05) is 39.8 Å². The van der Waals surface area contributed by atoms with E-state index in [2.05, 4.69) is 61.1 Å². The van der Waals surface area contributed by atoms with E-state index in [1.54, 1.807) is 12.1 Å². The number of ether oxygens (including phenoxy) is 1. The van der Waals surface area contributed by atoms with E-state index >= 15 is 0 Å². The van der Waals surface area contributed by atoms with E-state index in [1.165, 1.54) is 0 Å². The third kappa shape index (κ3) is 6.94. The molecule has 42 heavy (non-hydrogen) atoms. The molecule has 2 saturated heterocycles. The number of likely N-dealkylation sites (tertiary alicyclic amines) is 1. The van der Waals surface area contributed by atoms with E-state index in [0.29, 0.717) is 27.9 Å². The average molecular weight is 614 g/mol. The fourth-order valence-electron chi connectivity index (χ4n) is 5.90. The van der Waals surface area contributed by atoms with Crippen molar-refractivity contribution in [1.82, 2.24) is 29.7 Å². The van der Waals surface area contributed by atoms with Crippen LogP contribution < -0.4 is 4.74 Å². The summed E-state index contributed by atoms with van der Waals surface area (Å²) in [4.78, 5) is 21.0. The van der Waals surface area contributed by atoms with Crippen LogP contribution in [0.4, 0.5) is 0 Å². The van der Waals surface area contributed by atoms with Crippen LogP contribution in [-0.4, -0.2) is 86.5 Å². The Bertz CT molecular complexity index is 1410. The van der Waals surface area contributed by atoms with Gasteiger partial charge in [0.2, 0.25) is 0 Å². The highest BCUT2D eigenvalue weighted by Crippen LogP contribution is 2.35. The first-order valence-corrected chi connectivity index (χ1v) is 15.5. The maximum absolute atomic E-state index is 14.0. The number of para-hydroxylation sites is 1. The predicted octanol–water partition coefficient (Wildman–Crippen LogP) is 5.99. The molecule has 2 aliphatic rings. The highest BCUT2D eigenvalue weighted by atomic mass is 35.5. The van der Waals surface area contributed by atoms with Gasteiger partial charge in [-0.15, -0.1) is 5.10 Å². The van der Waals surface area contributed by atoms with Gasteiger partial charge in [-0.2, -0.15) is 0 Å². The van der Waals surface area contributed by atoms with Gasteiger partial charge in [-0.3, -0.25) is 14.6 Å². The van der Waals surface area contributed by atoms with Crippen LogP contribution in [0, 0.1) is 0 Å². The molecular formula is C32H42Cl2N6O2. The number of aromatic nitrogens is 3. The van der Waals surface area contributed by atoms with Gasteiger partial charge in [-0.1, -0.05) is 46.6 Å². The molecule has 2 aromatic carbocycles. The zero-order chi connectivity index (χ0) is 30.1. The zero-order valence-electron chi connectivity index (χ0n) is 25.3. The molecular weight excluding hydrogens is 571 g/mol. The fourth-order valence-corrected chi connectivity index (χ4v) is 6.36. The van der Waals surface area contributed by atoms with Crippen LogP contribution in [0.3, 0.4) is 0 Å². The van der Waals surface area contributed by atoms with E-state index < -0.39 is 0 Å². The number of nitrogens with zero attached hydrogens (tertiary/aromatic N) is 6. The minimum absolute atomic E-state index is 0.0551. The predicted molar refractivity (Wildman–Crippen MR) is 167 cm³/mol. The maximum Gasteiger partial charge on any atom is 0.258 e. The molecule has 2 aliphatic heterocycles. The second kappa shape index (κ2) is 12.5. The lowest BCUT2D eigenvalue weighted by atomic mass is 9.87. The molecule has 1 aromatic heterocycles. The first-order chi connectivity index (χ1) is 19.9. The van der Waals surface area contributed by atoms with Crippen LogP contribution in [0.1, 0.15) is 68.2 Å². The molecule has 0 spiro atoms. The van der Waals surface area contributed by atoms with Crippen LogP contribution in [0.15, 0.2) is 48.7 Å². The largest absolute Gasteiger partial charge is 0.488 e. The van der Waals surface area contributed by atoms with E-state index in [-0.39, 0.29) is 29.6 Å². The van der Waals surface area contributed by atoms with Gasteiger partial charge in [-0.25, -0.2) is 4.68 Å². The van der Waals surface area contributed by atoms with E-state index in [4.69, 9.17) is 27.9 Å². The number of hydrogen-bond acceptors (Lipinski definition) is 6. The van der Waals surface area contributed by atoms with Crippen molar-refractivity contribution in [3.05, 3.63) is 75.5 Å². The van der Waals surface area contributed by atoms with Gasteiger partial charge in [0.15, 0.2) is 0 Å². The van der Waals surface area contributed by atoms with Crippen molar-refractivity contribution in [1.29, 1.82) is 0 Å². The summed E-state index contributed by atoms with van der Waals surface area (Å²) in [6, 6.07) is 12.8. The van der Waals surface area contributed by atoms with Crippen LogP contribution in [0.5, 0.6) is 5.75 Å². The fraction of sp³-hybridized carbons (Fsp3) is 0.531. The number of hydrogen-bond donors (Lipinski definition) is 0. The molecule has 0 bridgehead atoms. The molecule has 0 N–H and O–H groups in total. The molecule has 3 heterocycles. The Morgan fingerprint density at radius 1 is 1.07 bits per heavy atom. The zero-order valence-corrected chi connectivity index (χ0v) is 26.8. The summed E-state index contributed by atoms with van der Waals surface area (Å²) in [5, 5.41) is 10.1. The normalized spacial score (nSPS) is 20.9. The lowest BCUT2D eigenvalue weighted by Gasteiger charge is -2.45. The quantitative estimate of drug-likeness (QED) is 0.311. The number of likely N-dealkylation sites (N-methyl/N-ethyl adjacent to an activating group) is 1. The topological polar surface area (TPSA) is 66.7 Å². The van der Waals surface area contributed by atoms with E-state index in [0.717, 1.165) is 56.7 Å². The Labute approximate surface area is 259 Å². The molecule has 1 atom stereocenters. The molecule has 1 unspecified atom stereocenters. The van der Waals surface area contributed by atoms with E-state index in [9.17, 15) is 4.79 Å². The first kappa shape index (κ1) is 30.8. The number of carbonyl (C=O) groups excluding carboxylic acids is 1. The SMILES string of the molecule is CN1CCN(CCc2cn(C3CCC(C)(C)N(C(=O)c4ccccc4OCc4ccc(Cl)cc4Cl)C3)nn2)CC1(C)C. The van der Waals surface area contributed by atoms with Crippen molar-refractivity contribution in [2.24, 2.45) is 0 Å². The maximum atomic E-state index is 14.0. The lowest BCUT2D eigenvalue weighted by Crippen LogP contribution is -2.57. The molecule has 2 fully saturated rings. The summed E-state index contributed by atoms with van der Waals surface area (Å²) < 4.78 is 8.09. The minimum Gasteiger partial charge on any atom is -0.488 e. The molecule has 1 amide bonds. The Balaban J connectivity index is 1.25. The number of piperazine rings is 1. The molecule has 3 aromatic rings. The third-order valence-electron chi connectivity index (χ3n) is 8.99. The van der Waals surface area contributed by atoms with Crippen LogP contribution >= 0.6 is 23.2 Å². The van der Waals surface area contributed by atoms with Crippen molar-refractivity contribution in [2.45, 2.75) is 70.7 Å². The summed E-state index contributed by atoms with van der Waals surface area (Å²) >= 11 is 12.4. The van der Waals surface area contributed by atoms with Gasteiger partial charge in [0.05, 0.1) is 17.3 Å². The number of halogens is 2. The van der Waals surface area contributed by atoms with Gasteiger partial charge in [0, 0.05) is 72.0 Å². The molecule has 226 valence electrons. The number of carbonyl (C=O) groups is 1. The molecule has 0 radical (unpaired) electrons. The van der Waals surface area contributed by atoms with Gasteiger partial charge < -0.3 is 9.64 Å². The number of benzene rings is 2. The van der Waals surface area contributed by atoms with Crippen molar-refractivity contribution < 1.29 is 9.53 Å². The van der Waals surface area contributed by atoms with Crippen molar-refractivity contribution in [3.63, 3.8) is 0 Å². The Morgan fingerprint density at radius 2 is 1.86 bits per heavy atom. The second-order valence-corrected chi connectivity index (χ2v) is 13.7. The molecule has 10 heteroatoms. The summed E-state index contributed by atoms with van der Waals surface area (Å²) in [7, 11) is 2.20.